The topological polar surface area (TPSA) is 69.7 Å². The zero-order chi connectivity index (χ0) is 16.7. The van der Waals surface area contributed by atoms with Gasteiger partial charge in [0, 0.05) is 18.9 Å². The molecule has 0 atom stereocenters. The summed E-state index contributed by atoms with van der Waals surface area (Å²) in [5.41, 5.74) is 1.73. The smallest absolute Gasteiger partial charge is 0.224 e. The van der Waals surface area contributed by atoms with E-state index in [4.69, 9.17) is 14.2 Å². The molecule has 1 aromatic carbocycles. The number of hydrogen-bond donors (Lipinski definition) is 1. The number of carbonyl (C=O) groups excluding carboxylic acids is 1. The van der Waals surface area contributed by atoms with E-state index in [1.165, 1.54) is 0 Å². The molecule has 0 aliphatic rings. The number of ether oxygens (including phenoxy) is 3. The number of aromatic nitrogens is 1. The highest BCUT2D eigenvalue weighted by Gasteiger charge is 2.14. The van der Waals surface area contributed by atoms with Gasteiger partial charge in [-0.05, 0) is 29.3 Å². The Labute approximate surface area is 135 Å². The molecule has 6 nitrogen and oxygen atoms in total. The number of pyridine rings is 1. The molecule has 6 heteroatoms. The molecule has 23 heavy (non-hydrogen) atoms. The van der Waals surface area contributed by atoms with Gasteiger partial charge < -0.3 is 19.5 Å². The summed E-state index contributed by atoms with van der Waals surface area (Å²) in [4.78, 5) is 16.1. The standard InChI is InChI=1S/C17H20N2O4/c1-21-14-7-13(8-15(22-2)17(14)23-3)9-16(20)19-11-12-5-4-6-18-10-12/h4-8,10H,9,11H2,1-3H3,(H,19,20). The molecule has 1 heterocycles. The third-order valence-corrected chi connectivity index (χ3v) is 3.30. The van der Waals surface area contributed by atoms with E-state index in [0.29, 0.717) is 23.8 Å². The van der Waals surface area contributed by atoms with Crippen molar-refractivity contribution >= 4 is 5.91 Å². The quantitative estimate of drug-likeness (QED) is 0.845. The number of nitrogens with one attached hydrogen (secondary N) is 1. The lowest BCUT2D eigenvalue weighted by Gasteiger charge is -2.14. The monoisotopic (exact) mass is 316 g/mol. The Morgan fingerprint density at radius 1 is 1.09 bits per heavy atom. The fourth-order valence-corrected chi connectivity index (χ4v) is 2.19. The largest absolute Gasteiger partial charge is 0.493 e. The van der Waals surface area contributed by atoms with Crippen LogP contribution in [0.4, 0.5) is 0 Å². The number of carbonyl (C=O) groups is 1. The Morgan fingerprint density at radius 3 is 2.30 bits per heavy atom. The van der Waals surface area contributed by atoms with Gasteiger partial charge >= 0.3 is 0 Å². The number of amides is 1. The van der Waals surface area contributed by atoms with Gasteiger partial charge in [0.15, 0.2) is 11.5 Å². The van der Waals surface area contributed by atoms with Crippen LogP contribution >= 0.6 is 0 Å². The SMILES string of the molecule is COc1cc(CC(=O)NCc2cccnc2)cc(OC)c1OC. The maximum Gasteiger partial charge on any atom is 0.224 e. The van der Waals surface area contributed by atoms with Crippen LogP contribution < -0.4 is 19.5 Å². The lowest BCUT2D eigenvalue weighted by molar-refractivity contribution is -0.120. The third kappa shape index (κ3) is 4.35. The van der Waals surface area contributed by atoms with Crippen LogP contribution in [-0.2, 0) is 17.8 Å². The number of rotatable bonds is 7. The minimum absolute atomic E-state index is 0.0943. The van der Waals surface area contributed by atoms with Gasteiger partial charge in [0.25, 0.3) is 0 Å². The van der Waals surface area contributed by atoms with Crippen molar-refractivity contribution in [2.24, 2.45) is 0 Å². The number of nitrogens with zero attached hydrogens (tertiary/aromatic N) is 1. The molecular formula is C17H20N2O4. The summed E-state index contributed by atoms with van der Waals surface area (Å²) in [5, 5.41) is 2.86. The molecule has 0 unspecified atom stereocenters. The summed E-state index contributed by atoms with van der Waals surface area (Å²) in [6.45, 7) is 0.442. The van der Waals surface area contributed by atoms with E-state index in [-0.39, 0.29) is 12.3 Å². The van der Waals surface area contributed by atoms with Crippen LogP contribution in [0.15, 0.2) is 36.7 Å². The molecular weight excluding hydrogens is 296 g/mol. The first-order valence-electron chi connectivity index (χ1n) is 7.12. The van der Waals surface area contributed by atoms with Gasteiger partial charge in [0.2, 0.25) is 11.7 Å². The van der Waals surface area contributed by atoms with E-state index in [1.54, 1.807) is 45.9 Å². The number of methoxy groups -OCH3 is 3. The highest BCUT2D eigenvalue weighted by Crippen LogP contribution is 2.38. The summed E-state index contributed by atoms with van der Waals surface area (Å²) < 4.78 is 15.8. The zero-order valence-corrected chi connectivity index (χ0v) is 13.5. The Balaban J connectivity index is 2.05. The van der Waals surface area contributed by atoms with Crippen molar-refractivity contribution in [2.45, 2.75) is 13.0 Å². The van der Waals surface area contributed by atoms with Crippen molar-refractivity contribution in [1.82, 2.24) is 10.3 Å². The molecule has 0 aliphatic heterocycles. The van der Waals surface area contributed by atoms with Gasteiger partial charge in [0.05, 0.1) is 27.8 Å². The van der Waals surface area contributed by atoms with Crippen LogP contribution in [0.1, 0.15) is 11.1 Å². The Kier molecular flexibility index (Phi) is 5.80. The predicted molar refractivity (Wildman–Crippen MR) is 85.9 cm³/mol. The molecule has 0 spiro atoms. The molecule has 1 aromatic heterocycles. The van der Waals surface area contributed by atoms with Gasteiger partial charge in [0.1, 0.15) is 0 Å². The van der Waals surface area contributed by atoms with Crippen molar-refractivity contribution in [3.8, 4) is 17.2 Å². The third-order valence-electron chi connectivity index (χ3n) is 3.30. The average molecular weight is 316 g/mol. The Hall–Kier alpha value is -2.76. The van der Waals surface area contributed by atoms with E-state index < -0.39 is 0 Å². The minimum atomic E-state index is -0.0943. The summed E-state index contributed by atoms with van der Waals surface area (Å²) in [5.74, 6) is 1.47. The van der Waals surface area contributed by atoms with Crippen LogP contribution in [0.2, 0.25) is 0 Å². The van der Waals surface area contributed by atoms with Gasteiger partial charge in [-0.3, -0.25) is 9.78 Å². The van der Waals surface area contributed by atoms with Crippen molar-refractivity contribution in [3.05, 3.63) is 47.8 Å². The molecule has 0 fully saturated rings. The summed E-state index contributed by atoms with van der Waals surface area (Å²) in [7, 11) is 4.63. The van der Waals surface area contributed by atoms with E-state index >= 15 is 0 Å². The summed E-state index contributed by atoms with van der Waals surface area (Å²) in [6, 6.07) is 7.28. The van der Waals surface area contributed by atoms with Crippen LogP contribution in [0, 0.1) is 0 Å². The van der Waals surface area contributed by atoms with E-state index in [2.05, 4.69) is 10.3 Å². The normalized spacial score (nSPS) is 10.0. The van der Waals surface area contributed by atoms with Crippen molar-refractivity contribution in [3.63, 3.8) is 0 Å². The first-order chi connectivity index (χ1) is 11.2. The maximum absolute atomic E-state index is 12.1. The van der Waals surface area contributed by atoms with Gasteiger partial charge in [-0.2, -0.15) is 0 Å². The van der Waals surface area contributed by atoms with E-state index in [0.717, 1.165) is 11.1 Å². The molecule has 122 valence electrons. The highest BCUT2D eigenvalue weighted by atomic mass is 16.5. The first-order valence-corrected chi connectivity index (χ1v) is 7.12. The van der Waals surface area contributed by atoms with Gasteiger partial charge in [-0.1, -0.05) is 6.07 Å². The Morgan fingerprint density at radius 2 is 1.78 bits per heavy atom. The van der Waals surface area contributed by atoms with Crippen LogP contribution in [0.3, 0.4) is 0 Å². The number of benzene rings is 1. The molecule has 0 saturated carbocycles. The molecule has 0 saturated heterocycles. The second-order valence-corrected chi connectivity index (χ2v) is 4.85. The van der Waals surface area contributed by atoms with Crippen LogP contribution in [-0.4, -0.2) is 32.2 Å². The predicted octanol–water partition coefficient (Wildman–Crippen LogP) is 1.97. The maximum atomic E-state index is 12.1. The van der Waals surface area contributed by atoms with Gasteiger partial charge in [-0.25, -0.2) is 0 Å². The molecule has 1 amide bonds. The molecule has 0 bridgehead atoms. The molecule has 1 N–H and O–H groups in total. The lowest BCUT2D eigenvalue weighted by atomic mass is 10.1. The number of hydrogen-bond acceptors (Lipinski definition) is 5. The molecule has 2 aromatic rings. The van der Waals surface area contributed by atoms with Crippen molar-refractivity contribution in [1.29, 1.82) is 0 Å². The fraction of sp³-hybridized carbons (Fsp3) is 0.294. The Bertz CT molecular complexity index is 634. The molecule has 0 radical (unpaired) electrons. The first kappa shape index (κ1) is 16.6. The second kappa shape index (κ2) is 8.03. The minimum Gasteiger partial charge on any atom is -0.493 e. The molecule has 2 rings (SSSR count). The van der Waals surface area contributed by atoms with Crippen LogP contribution in [0.5, 0.6) is 17.2 Å². The summed E-state index contributed by atoms with van der Waals surface area (Å²) >= 11 is 0. The van der Waals surface area contributed by atoms with Crippen molar-refractivity contribution in [2.75, 3.05) is 21.3 Å². The second-order valence-electron chi connectivity index (χ2n) is 4.85. The van der Waals surface area contributed by atoms with Crippen molar-refractivity contribution < 1.29 is 19.0 Å². The van der Waals surface area contributed by atoms with Crippen LogP contribution in [0.25, 0.3) is 0 Å². The fourth-order valence-electron chi connectivity index (χ4n) is 2.19. The lowest BCUT2D eigenvalue weighted by Crippen LogP contribution is -2.24. The highest BCUT2D eigenvalue weighted by molar-refractivity contribution is 5.79. The zero-order valence-electron chi connectivity index (χ0n) is 13.5. The summed E-state index contributed by atoms with van der Waals surface area (Å²) in [6.07, 6.45) is 3.64. The van der Waals surface area contributed by atoms with E-state index in [9.17, 15) is 4.79 Å². The van der Waals surface area contributed by atoms with E-state index in [1.807, 2.05) is 12.1 Å². The molecule has 0 aliphatic carbocycles. The van der Waals surface area contributed by atoms with Gasteiger partial charge in [-0.15, -0.1) is 0 Å². The average Bonchev–Trinajstić information content (AvgIpc) is 2.59.